The summed E-state index contributed by atoms with van der Waals surface area (Å²) in [5.74, 6) is -5.06. The molecule has 2 aliphatic rings. The molecule has 5 heterocycles. The maximum Gasteiger partial charge on any atom is 0.352 e. The minimum absolute atomic E-state index is 0.0631. The predicted molar refractivity (Wildman–Crippen MR) is 204 cm³/mol. The molecule has 0 saturated carbocycles. The lowest BCUT2D eigenvalue weighted by molar-refractivity contribution is -0.150. The average molecular weight is 856 g/mol. The monoisotopic (exact) mass is 855 g/mol. The van der Waals surface area contributed by atoms with Crippen molar-refractivity contribution in [2.45, 2.75) is 40.6 Å². The summed E-state index contributed by atoms with van der Waals surface area (Å²) in [4.78, 5) is 58.5. The summed E-state index contributed by atoms with van der Waals surface area (Å²) in [6.45, 7) is 1.49. The standard InChI is InChI=1S/C33H29N9O11S4/c1-14-6-24(42-33(35-14)37-23(39-42)13-57(51,52)17-3-5-20(44)22(46)8-17)54-10-16-11-55-30-26(29(48)41(30)27(16)31(49)50)38-28(47)25(18-12-56-32(34)36-18)40-53-9-15-2-4-19(43)21(45)7-15/h2-8,12,26,30,43-46H,9-11,13H2,1H3,(H2,34,36)(H,38,47)(H,49,50)/t26-,30-/m1/s1. The maximum atomic E-state index is 13.5. The number of carboxylic acids is 1. The first-order valence-corrected chi connectivity index (χ1v) is 20.9. The minimum atomic E-state index is -4.05. The van der Waals surface area contributed by atoms with Gasteiger partial charge in [0.1, 0.15) is 40.2 Å². The molecule has 0 aliphatic carbocycles. The lowest BCUT2D eigenvalue weighted by atomic mass is 10.0. The Morgan fingerprint density at radius 1 is 1.05 bits per heavy atom. The third-order valence-corrected chi connectivity index (χ3v) is 13.1. The van der Waals surface area contributed by atoms with Gasteiger partial charge in [0.25, 0.3) is 17.6 Å². The number of carbonyl (C=O) groups is 3. The van der Waals surface area contributed by atoms with Crippen LogP contribution in [0.15, 0.2) is 74.2 Å². The number of oxime groups is 1. The Bertz CT molecular complexity index is 2650. The molecular weight excluding hydrogens is 827 g/mol. The number of aromatic nitrogens is 5. The van der Waals surface area contributed by atoms with Crippen molar-refractivity contribution in [1.29, 1.82) is 0 Å². The van der Waals surface area contributed by atoms with Gasteiger partial charge >= 0.3 is 5.97 Å². The number of phenols is 4. The van der Waals surface area contributed by atoms with Crippen molar-refractivity contribution in [3.8, 4) is 23.0 Å². The third kappa shape index (κ3) is 7.96. The summed E-state index contributed by atoms with van der Waals surface area (Å²) in [5, 5.41) is 61.1. The lowest BCUT2D eigenvalue weighted by Crippen LogP contribution is -2.71. The molecule has 57 heavy (non-hydrogen) atoms. The number of nitrogens with one attached hydrogen (secondary N) is 1. The summed E-state index contributed by atoms with van der Waals surface area (Å²) >= 11 is 3.44. The highest BCUT2D eigenvalue weighted by Crippen LogP contribution is 2.42. The van der Waals surface area contributed by atoms with E-state index in [0.29, 0.717) is 21.9 Å². The van der Waals surface area contributed by atoms with Crippen LogP contribution in [0.1, 0.15) is 22.8 Å². The number of rotatable bonds is 13. The molecule has 5 aromatic rings. The smallest absolute Gasteiger partial charge is 0.352 e. The number of phenolic OH excluding ortho intramolecular Hbond substituents is 4. The number of hydrogen-bond acceptors (Lipinski definition) is 19. The minimum Gasteiger partial charge on any atom is -0.504 e. The van der Waals surface area contributed by atoms with E-state index in [1.54, 1.807) is 13.0 Å². The summed E-state index contributed by atoms with van der Waals surface area (Å²) < 4.78 is 27.4. The highest BCUT2D eigenvalue weighted by Gasteiger charge is 2.54. The van der Waals surface area contributed by atoms with Crippen LogP contribution in [0.2, 0.25) is 0 Å². The van der Waals surface area contributed by atoms with Crippen LogP contribution in [0.5, 0.6) is 23.0 Å². The SMILES string of the molecule is Cc1cc(SCC2=C(C(=O)O)N3C(=O)[C@@H](NC(=O)C(=NOCc4ccc(O)c(O)c4)c4csc(N)n4)[C@H]3SC2)n2nc(CS(=O)(=O)c3ccc(O)c(O)c3)nc2n1. The first kappa shape index (κ1) is 39.1. The topological polar surface area (TPSA) is 305 Å². The van der Waals surface area contributed by atoms with Crippen molar-refractivity contribution >= 4 is 79.1 Å². The van der Waals surface area contributed by atoms with Gasteiger partial charge in [-0.3, -0.25) is 14.5 Å². The largest absolute Gasteiger partial charge is 0.504 e. The number of carbonyl (C=O) groups excluding carboxylic acids is 2. The van der Waals surface area contributed by atoms with Crippen LogP contribution in [0.25, 0.3) is 5.78 Å². The molecule has 0 bridgehead atoms. The van der Waals surface area contributed by atoms with E-state index < -0.39 is 56.3 Å². The number of hydrogen-bond donors (Lipinski definition) is 7. The molecule has 2 amide bonds. The molecule has 8 N–H and O–H groups in total. The molecule has 7 rings (SSSR count). The fraction of sp³-hybridized carbons (Fsp3) is 0.212. The van der Waals surface area contributed by atoms with E-state index in [1.807, 2.05) is 0 Å². The highest BCUT2D eigenvalue weighted by molar-refractivity contribution is 8.01. The van der Waals surface area contributed by atoms with Gasteiger partial charge in [-0.05, 0) is 48.4 Å². The number of nitrogens with zero attached hydrogens (tertiary/aromatic N) is 7. The number of carboxylic acid groups (broad SMARTS) is 1. The molecular formula is C33H29N9O11S4. The quantitative estimate of drug-likeness (QED) is 0.0221. The fourth-order valence-corrected chi connectivity index (χ4v) is 9.98. The Balaban J connectivity index is 1.06. The van der Waals surface area contributed by atoms with E-state index >= 15 is 0 Å². The van der Waals surface area contributed by atoms with Gasteiger partial charge < -0.3 is 41.4 Å². The molecule has 2 atom stereocenters. The number of β-lactam (4-membered cyclic amide) rings is 1. The summed E-state index contributed by atoms with van der Waals surface area (Å²) in [5.41, 5.74) is 6.63. The van der Waals surface area contributed by atoms with Crippen LogP contribution < -0.4 is 11.1 Å². The molecule has 20 nitrogen and oxygen atoms in total. The van der Waals surface area contributed by atoms with Crippen molar-refractivity contribution in [3.63, 3.8) is 0 Å². The normalized spacial score (nSPS) is 17.0. The van der Waals surface area contributed by atoms with Crippen LogP contribution in [-0.2, 0) is 41.4 Å². The fourth-order valence-electron chi connectivity index (χ4n) is 5.71. The van der Waals surface area contributed by atoms with E-state index in [0.717, 1.165) is 34.4 Å². The highest BCUT2D eigenvalue weighted by atomic mass is 32.2. The van der Waals surface area contributed by atoms with E-state index in [2.05, 4.69) is 30.5 Å². The number of nitrogens with two attached hydrogens (primary N) is 1. The zero-order valence-electron chi connectivity index (χ0n) is 29.1. The van der Waals surface area contributed by atoms with Crippen LogP contribution in [0.3, 0.4) is 0 Å². The second-order valence-electron chi connectivity index (χ2n) is 12.4. The number of amides is 2. The van der Waals surface area contributed by atoms with Gasteiger partial charge in [0.05, 0.1) is 4.90 Å². The van der Waals surface area contributed by atoms with Crippen molar-refractivity contribution in [3.05, 3.63) is 81.9 Å². The Kier molecular flexibility index (Phi) is 10.6. The van der Waals surface area contributed by atoms with Gasteiger partial charge in [-0.2, -0.15) is 9.50 Å². The molecule has 1 fully saturated rings. The van der Waals surface area contributed by atoms with E-state index in [1.165, 1.54) is 51.6 Å². The summed E-state index contributed by atoms with van der Waals surface area (Å²) in [6, 6.07) is 7.62. The van der Waals surface area contributed by atoms with Crippen LogP contribution in [0.4, 0.5) is 5.13 Å². The zero-order chi connectivity index (χ0) is 40.8. The number of anilines is 1. The maximum absolute atomic E-state index is 13.5. The molecule has 0 unspecified atom stereocenters. The number of thiazole rings is 1. The van der Waals surface area contributed by atoms with Gasteiger partial charge in [0.15, 0.2) is 49.5 Å². The molecule has 2 aromatic carbocycles. The van der Waals surface area contributed by atoms with E-state index in [4.69, 9.17) is 10.6 Å². The van der Waals surface area contributed by atoms with Crippen molar-refractivity contribution in [2.75, 3.05) is 17.2 Å². The number of fused-ring (bicyclic) bond motifs is 2. The number of nitrogen functional groups attached to an aromatic ring is 1. The van der Waals surface area contributed by atoms with Crippen LogP contribution in [0, 0.1) is 6.92 Å². The second-order valence-corrected chi connectivity index (χ2v) is 17.4. The Labute approximate surface area is 333 Å². The molecule has 2 aliphatic heterocycles. The summed E-state index contributed by atoms with van der Waals surface area (Å²) in [7, 11) is -4.05. The Hall–Kier alpha value is -6.11. The van der Waals surface area contributed by atoms with E-state index in [9.17, 15) is 48.3 Å². The Morgan fingerprint density at radius 2 is 1.79 bits per heavy atom. The van der Waals surface area contributed by atoms with Crippen molar-refractivity contribution in [1.82, 2.24) is 34.8 Å². The summed E-state index contributed by atoms with van der Waals surface area (Å²) in [6.07, 6.45) is 0. The number of aryl methyl sites for hydroxylation is 1. The van der Waals surface area contributed by atoms with Gasteiger partial charge in [0.2, 0.25) is 0 Å². The molecule has 296 valence electrons. The van der Waals surface area contributed by atoms with Crippen molar-refractivity contribution in [2.24, 2.45) is 5.16 Å². The number of aliphatic carboxylic acids is 1. The van der Waals surface area contributed by atoms with Crippen molar-refractivity contribution < 1.29 is 53.2 Å². The first-order chi connectivity index (χ1) is 27.1. The first-order valence-electron chi connectivity index (χ1n) is 16.3. The Morgan fingerprint density at radius 3 is 2.47 bits per heavy atom. The number of aromatic hydroxyl groups is 4. The van der Waals surface area contributed by atoms with E-state index in [-0.39, 0.29) is 68.3 Å². The van der Waals surface area contributed by atoms with Crippen LogP contribution >= 0.6 is 34.9 Å². The second kappa shape index (κ2) is 15.4. The molecule has 0 radical (unpaired) electrons. The molecule has 1 saturated heterocycles. The number of benzene rings is 2. The van der Waals surface area contributed by atoms with Gasteiger partial charge in [-0.15, -0.1) is 40.0 Å². The van der Waals surface area contributed by atoms with Crippen LogP contribution in [-0.4, -0.2) is 110 Å². The van der Waals surface area contributed by atoms with Gasteiger partial charge in [0, 0.05) is 28.6 Å². The molecule has 3 aromatic heterocycles. The molecule has 0 spiro atoms. The average Bonchev–Trinajstić information content (AvgIpc) is 3.77. The number of thioether (sulfide) groups is 2. The number of sulfone groups is 1. The zero-order valence-corrected chi connectivity index (χ0v) is 32.4. The van der Waals surface area contributed by atoms with Gasteiger partial charge in [-0.1, -0.05) is 11.2 Å². The van der Waals surface area contributed by atoms with Gasteiger partial charge in [-0.25, -0.2) is 23.2 Å². The third-order valence-electron chi connectivity index (χ3n) is 8.41. The predicted octanol–water partition coefficient (Wildman–Crippen LogP) is 1.72. The molecule has 24 heteroatoms. The lowest BCUT2D eigenvalue weighted by Gasteiger charge is -2.49.